The summed E-state index contributed by atoms with van der Waals surface area (Å²) in [6.07, 6.45) is 4.41. The highest BCUT2D eigenvalue weighted by molar-refractivity contribution is 7.99. The number of aryl methyl sites for hydroxylation is 2. The number of thioether (sulfide) groups is 1. The summed E-state index contributed by atoms with van der Waals surface area (Å²) in [5.41, 5.74) is 3.85. The molecule has 0 spiro atoms. The van der Waals surface area contributed by atoms with E-state index in [-0.39, 0.29) is 11.5 Å². The minimum absolute atomic E-state index is 0.0103. The molecule has 6 nitrogen and oxygen atoms in total. The van der Waals surface area contributed by atoms with Crippen LogP contribution in [0.15, 0.2) is 34.2 Å². The molecule has 1 aliphatic rings. The van der Waals surface area contributed by atoms with Crippen LogP contribution in [-0.2, 0) is 18.3 Å². The summed E-state index contributed by atoms with van der Waals surface area (Å²) in [5, 5.41) is 3.72. The number of nitrogens with zero attached hydrogens (tertiary/aromatic N) is 3. The normalized spacial score (nSPS) is 14.2. The monoisotopic (exact) mass is 442 g/mol. The first-order valence-corrected chi connectivity index (χ1v) is 12.2. The molecule has 0 radical (unpaired) electrons. The number of hydrogen-bond donors (Lipinski definition) is 1. The van der Waals surface area contributed by atoms with Crippen LogP contribution >= 0.6 is 11.8 Å². The predicted molar refractivity (Wildman–Crippen MR) is 127 cm³/mol. The molecule has 2 aromatic rings. The van der Waals surface area contributed by atoms with Crippen LogP contribution in [0.3, 0.4) is 0 Å². The highest BCUT2D eigenvalue weighted by atomic mass is 32.2. The molecule has 3 rings (SSSR count). The molecule has 0 aliphatic carbocycles. The van der Waals surface area contributed by atoms with Gasteiger partial charge in [0.25, 0.3) is 5.56 Å². The smallest absolute Gasteiger partial charge is 0.257 e. The minimum Gasteiger partial charge on any atom is -0.355 e. The largest absolute Gasteiger partial charge is 0.355 e. The maximum atomic E-state index is 12.9. The first-order chi connectivity index (χ1) is 14.9. The molecule has 0 unspecified atom stereocenters. The van der Waals surface area contributed by atoms with E-state index < -0.39 is 0 Å². The zero-order valence-corrected chi connectivity index (χ0v) is 19.8. The van der Waals surface area contributed by atoms with Crippen LogP contribution < -0.4 is 10.9 Å². The van der Waals surface area contributed by atoms with E-state index in [2.05, 4.69) is 34.3 Å². The average molecular weight is 443 g/mol. The van der Waals surface area contributed by atoms with Gasteiger partial charge in [-0.1, -0.05) is 41.6 Å². The lowest BCUT2D eigenvalue weighted by molar-refractivity contribution is -0.121. The lowest BCUT2D eigenvalue weighted by Gasteiger charge is -2.14. The van der Waals surface area contributed by atoms with Crippen molar-refractivity contribution in [2.45, 2.75) is 51.1 Å². The number of carbonyl (C=O) groups is 1. The van der Waals surface area contributed by atoms with Gasteiger partial charge in [-0.3, -0.25) is 14.2 Å². The maximum Gasteiger partial charge on any atom is 0.257 e. The fourth-order valence-corrected chi connectivity index (χ4v) is 4.88. The van der Waals surface area contributed by atoms with E-state index in [9.17, 15) is 9.59 Å². The molecule has 168 valence electrons. The van der Waals surface area contributed by atoms with E-state index in [0.29, 0.717) is 18.0 Å². The molecule has 1 fully saturated rings. The van der Waals surface area contributed by atoms with Gasteiger partial charge in [-0.15, -0.1) is 0 Å². The molecule has 1 aromatic heterocycles. The molecule has 31 heavy (non-hydrogen) atoms. The second-order valence-electron chi connectivity index (χ2n) is 8.34. The molecule has 0 saturated carbocycles. The van der Waals surface area contributed by atoms with Crippen molar-refractivity contribution in [2.75, 3.05) is 31.9 Å². The first kappa shape index (κ1) is 23.5. The van der Waals surface area contributed by atoms with Gasteiger partial charge in [0.15, 0.2) is 5.16 Å². The summed E-state index contributed by atoms with van der Waals surface area (Å²) in [4.78, 5) is 32.0. The molecule has 0 atom stereocenters. The third-order valence-corrected chi connectivity index (χ3v) is 6.86. The van der Waals surface area contributed by atoms with E-state index in [1.165, 1.54) is 18.4 Å². The van der Waals surface area contributed by atoms with Crippen molar-refractivity contribution in [1.29, 1.82) is 0 Å². The van der Waals surface area contributed by atoms with Crippen LogP contribution in [0.1, 0.15) is 48.1 Å². The number of amides is 1. The number of benzene rings is 1. The Kier molecular flexibility index (Phi) is 8.72. The zero-order chi connectivity index (χ0) is 22.2. The quantitative estimate of drug-likeness (QED) is 0.348. The Morgan fingerprint density at radius 2 is 2.00 bits per heavy atom. The van der Waals surface area contributed by atoms with Crippen molar-refractivity contribution in [3.05, 3.63) is 57.0 Å². The molecule has 1 saturated heterocycles. The molecule has 7 heteroatoms. The lowest BCUT2D eigenvalue weighted by atomic mass is 10.0. The standard InChI is InChI=1S/C24H34N4O2S/c1-18-8-6-9-20(16-18)17-21-19(2)26-24(27(3)23(21)30)31-15-7-10-22(29)25-11-14-28-12-4-5-13-28/h6,8-9,16H,4-5,7,10-15,17H2,1-3H3,(H,25,29). The Labute approximate surface area is 189 Å². The van der Waals surface area contributed by atoms with Gasteiger partial charge in [0, 0.05) is 50.0 Å². The van der Waals surface area contributed by atoms with Crippen molar-refractivity contribution in [3.8, 4) is 0 Å². The molecule has 1 amide bonds. The molecule has 1 aliphatic heterocycles. The van der Waals surface area contributed by atoms with Gasteiger partial charge in [-0.2, -0.15) is 0 Å². The van der Waals surface area contributed by atoms with E-state index >= 15 is 0 Å². The van der Waals surface area contributed by atoms with Crippen molar-refractivity contribution >= 4 is 17.7 Å². The molecular formula is C24H34N4O2S. The zero-order valence-electron chi connectivity index (χ0n) is 18.9. The summed E-state index contributed by atoms with van der Waals surface area (Å²) in [5.74, 6) is 0.863. The van der Waals surface area contributed by atoms with Crippen molar-refractivity contribution in [3.63, 3.8) is 0 Å². The third kappa shape index (κ3) is 6.94. The number of aromatic nitrogens is 2. The van der Waals surface area contributed by atoms with Gasteiger partial charge >= 0.3 is 0 Å². The van der Waals surface area contributed by atoms with Gasteiger partial charge in [0.2, 0.25) is 5.91 Å². The van der Waals surface area contributed by atoms with Crippen molar-refractivity contribution < 1.29 is 4.79 Å². The Hall–Kier alpha value is -2.12. The Bertz CT molecular complexity index is 951. The Morgan fingerprint density at radius 3 is 2.74 bits per heavy atom. The van der Waals surface area contributed by atoms with E-state index in [4.69, 9.17) is 0 Å². The van der Waals surface area contributed by atoms with Gasteiger partial charge < -0.3 is 10.2 Å². The van der Waals surface area contributed by atoms with E-state index in [1.54, 1.807) is 23.4 Å². The minimum atomic E-state index is 0.0103. The van der Waals surface area contributed by atoms with Crippen LogP contribution in [0, 0.1) is 13.8 Å². The van der Waals surface area contributed by atoms with Crippen molar-refractivity contribution in [1.82, 2.24) is 19.8 Å². The lowest BCUT2D eigenvalue weighted by Crippen LogP contribution is -2.33. The van der Waals surface area contributed by atoms with Gasteiger partial charge in [0.05, 0.1) is 0 Å². The predicted octanol–water partition coefficient (Wildman–Crippen LogP) is 3.07. The number of nitrogens with one attached hydrogen (secondary N) is 1. The summed E-state index contributed by atoms with van der Waals surface area (Å²) < 4.78 is 1.64. The highest BCUT2D eigenvalue weighted by Gasteiger charge is 2.14. The average Bonchev–Trinajstić information content (AvgIpc) is 3.25. The Balaban J connectivity index is 1.47. The Morgan fingerprint density at radius 1 is 1.23 bits per heavy atom. The second-order valence-corrected chi connectivity index (χ2v) is 9.40. The SMILES string of the molecule is Cc1cccc(Cc2c(C)nc(SCCCC(=O)NCCN3CCCC3)n(C)c2=O)c1. The summed E-state index contributed by atoms with van der Waals surface area (Å²) in [7, 11) is 1.78. The van der Waals surface area contributed by atoms with Gasteiger partial charge in [-0.05, 0) is 51.8 Å². The fourth-order valence-electron chi connectivity index (χ4n) is 3.93. The summed E-state index contributed by atoms with van der Waals surface area (Å²) in [6.45, 7) is 7.94. The summed E-state index contributed by atoms with van der Waals surface area (Å²) >= 11 is 1.54. The highest BCUT2D eigenvalue weighted by Crippen LogP contribution is 2.18. The topological polar surface area (TPSA) is 67.2 Å². The molecule has 2 heterocycles. The molecule has 1 aromatic carbocycles. The first-order valence-electron chi connectivity index (χ1n) is 11.2. The van der Waals surface area contributed by atoms with Gasteiger partial charge in [0.1, 0.15) is 0 Å². The number of hydrogen-bond acceptors (Lipinski definition) is 5. The fraction of sp³-hybridized carbons (Fsp3) is 0.542. The number of rotatable bonds is 10. The summed E-state index contributed by atoms with van der Waals surface area (Å²) in [6, 6.07) is 8.23. The van der Waals surface area contributed by atoms with E-state index in [0.717, 1.165) is 55.2 Å². The number of carbonyl (C=O) groups excluding carboxylic acids is 1. The second kappa shape index (κ2) is 11.5. The van der Waals surface area contributed by atoms with Gasteiger partial charge in [-0.25, -0.2) is 4.98 Å². The number of likely N-dealkylation sites (tertiary alicyclic amines) is 1. The van der Waals surface area contributed by atoms with E-state index in [1.807, 2.05) is 19.1 Å². The van der Waals surface area contributed by atoms with Crippen LogP contribution in [0.5, 0.6) is 0 Å². The van der Waals surface area contributed by atoms with Crippen LogP contribution in [0.2, 0.25) is 0 Å². The molecule has 0 bridgehead atoms. The molecule has 1 N–H and O–H groups in total. The van der Waals surface area contributed by atoms with Crippen LogP contribution in [-0.4, -0.2) is 52.3 Å². The van der Waals surface area contributed by atoms with Crippen molar-refractivity contribution in [2.24, 2.45) is 7.05 Å². The molecular weight excluding hydrogens is 408 g/mol. The van der Waals surface area contributed by atoms with Crippen LogP contribution in [0.4, 0.5) is 0 Å². The van der Waals surface area contributed by atoms with Crippen LogP contribution in [0.25, 0.3) is 0 Å². The third-order valence-electron chi connectivity index (χ3n) is 5.74. The maximum absolute atomic E-state index is 12.9.